The summed E-state index contributed by atoms with van der Waals surface area (Å²) in [7, 11) is 0. The van der Waals surface area contributed by atoms with Crippen LogP contribution in [0.5, 0.6) is 11.5 Å². The van der Waals surface area contributed by atoms with Crippen LogP contribution in [-0.4, -0.2) is 21.8 Å². The van der Waals surface area contributed by atoms with Gasteiger partial charge >= 0.3 is 5.97 Å². The summed E-state index contributed by atoms with van der Waals surface area (Å²) in [5, 5.41) is 9.74. The number of nitrogens with zero attached hydrogens (tertiary/aromatic N) is 1. The van der Waals surface area contributed by atoms with Gasteiger partial charge in [0.2, 0.25) is 0 Å². The maximum Gasteiger partial charge on any atom is 0.303 e. The SMILES string of the molecule is Cc1c(Oc2cccc(C(=NCc3cccc(CCC(=O)O)c3)/C(F)=C\N)c2)c(F)cc2[nH]ccc12. The number of aliphatic imine (C=N–C) groups is 1. The highest BCUT2D eigenvalue weighted by Crippen LogP contribution is 2.34. The molecule has 0 saturated heterocycles. The molecule has 0 atom stereocenters. The number of halogens is 2. The van der Waals surface area contributed by atoms with Crippen molar-refractivity contribution in [3.8, 4) is 11.5 Å². The number of aryl methyl sites for hydroxylation is 2. The van der Waals surface area contributed by atoms with E-state index >= 15 is 0 Å². The molecule has 36 heavy (non-hydrogen) atoms. The van der Waals surface area contributed by atoms with Crippen LogP contribution >= 0.6 is 0 Å². The third kappa shape index (κ3) is 5.60. The standard InChI is InChI=1S/C28H25F2N3O3/c1-17-22-10-11-32-25(22)14-23(29)28(17)36-21-7-3-6-20(13-21)27(24(30)15-31)33-16-19-5-2-4-18(12-19)8-9-26(34)35/h2-7,10-15,32H,8-9,16,31H2,1H3,(H,34,35)/b24-15+,33-27?. The molecule has 0 fully saturated rings. The van der Waals surface area contributed by atoms with Gasteiger partial charge in [0.25, 0.3) is 0 Å². The van der Waals surface area contributed by atoms with Crippen LogP contribution in [0.15, 0.2) is 83.9 Å². The molecule has 1 aromatic heterocycles. The summed E-state index contributed by atoms with van der Waals surface area (Å²) in [5.41, 5.74) is 8.86. The fraction of sp³-hybridized carbons (Fsp3) is 0.143. The third-order valence-corrected chi connectivity index (χ3v) is 5.75. The number of aromatic nitrogens is 1. The quantitative estimate of drug-likeness (QED) is 0.244. The summed E-state index contributed by atoms with van der Waals surface area (Å²) in [6.45, 7) is 1.92. The highest BCUT2D eigenvalue weighted by atomic mass is 19.1. The Morgan fingerprint density at radius 1 is 1.14 bits per heavy atom. The van der Waals surface area contributed by atoms with E-state index in [2.05, 4.69) is 9.98 Å². The Bertz CT molecular complexity index is 1470. The summed E-state index contributed by atoms with van der Waals surface area (Å²) >= 11 is 0. The lowest BCUT2D eigenvalue weighted by Crippen LogP contribution is -2.05. The highest BCUT2D eigenvalue weighted by molar-refractivity contribution is 6.11. The van der Waals surface area contributed by atoms with Crippen molar-refractivity contribution in [3.05, 3.63) is 107 Å². The predicted octanol–water partition coefficient (Wildman–Crippen LogP) is 6.18. The Balaban J connectivity index is 1.61. The molecule has 4 aromatic rings. The van der Waals surface area contributed by atoms with Crippen molar-refractivity contribution < 1.29 is 23.4 Å². The average molecular weight is 490 g/mol. The number of aliphatic carboxylic acids is 1. The molecule has 0 spiro atoms. The van der Waals surface area contributed by atoms with Gasteiger partial charge in [0.05, 0.1) is 6.54 Å². The van der Waals surface area contributed by atoms with Crippen molar-refractivity contribution in [3.63, 3.8) is 0 Å². The van der Waals surface area contributed by atoms with Gasteiger partial charge in [0.1, 0.15) is 11.5 Å². The molecule has 0 aliphatic rings. The summed E-state index contributed by atoms with van der Waals surface area (Å²) in [6.07, 6.45) is 2.97. The van der Waals surface area contributed by atoms with Crippen LogP contribution in [0.1, 0.15) is 28.7 Å². The Morgan fingerprint density at radius 3 is 2.69 bits per heavy atom. The van der Waals surface area contributed by atoms with Gasteiger partial charge in [-0.25, -0.2) is 8.78 Å². The van der Waals surface area contributed by atoms with E-state index in [0.717, 1.165) is 22.7 Å². The molecule has 0 unspecified atom stereocenters. The number of hydrogen-bond acceptors (Lipinski definition) is 4. The van der Waals surface area contributed by atoms with Gasteiger partial charge < -0.3 is 20.6 Å². The lowest BCUT2D eigenvalue weighted by atomic mass is 10.1. The zero-order chi connectivity index (χ0) is 25.7. The molecular weight excluding hydrogens is 464 g/mol. The van der Waals surface area contributed by atoms with Crippen molar-refractivity contribution in [2.75, 3.05) is 0 Å². The van der Waals surface area contributed by atoms with Crippen LogP contribution < -0.4 is 10.5 Å². The Hall–Kier alpha value is -4.46. The topological polar surface area (TPSA) is 101 Å². The number of nitrogens with one attached hydrogen (secondary N) is 1. The first kappa shape index (κ1) is 24.7. The number of rotatable bonds is 9. The van der Waals surface area contributed by atoms with Crippen LogP contribution in [0.4, 0.5) is 8.78 Å². The first-order chi connectivity index (χ1) is 17.4. The van der Waals surface area contributed by atoms with Gasteiger partial charge in [-0.2, -0.15) is 0 Å². The summed E-state index contributed by atoms with van der Waals surface area (Å²) in [4.78, 5) is 18.3. The molecule has 0 aliphatic carbocycles. The largest absolute Gasteiger partial charge is 0.481 e. The maximum atomic E-state index is 14.7. The van der Waals surface area contributed by atoms with Gasteiger partial charge in [-0.15, -0.1) is 0 Å². The number of H-pyrrole nitrogens is 1. The second-order valence-electron chi connectivity index (χ2n) is 8.27. The number of fused-ring (bicyclic) bond motifs is 1. The van der Waals surface area contributed by atoms with Gasteiger partial charge in [-0.05, 0) is 42.7 Å². The molecule has 0 bridgehead atoms. The summed E-state index contributed by atoms with van der Waals surface area (Å²) in [6, 6.07) is 17.1. The van der Waals surface area contributed by atoms with Crippen LogP contribution in [0.25, 0.3) is 10.9 Å². The molecule has 4 rings (SSSR count). The minimum absolute atomic E-state index is 0.0202. The third-order valence-electron chi connectivity index (χ3n) is 5.75. The molecule has 3 aromatic carbocycles. The minimum atomic E-state index is -0.874. The number of carboxylic acids is 1. The number of nitrogens with two attached hydrogens (primary N) is 1. The fourth-order valence-electron chi connectivity index (χ4n) is 3.96. The molecule has 8 heteroatoms. The molecule has 6 nitrogen and oxygen atoms in total. The zero-order valence-corrected chi connectivity index (χ0v) is 19.6. The van der Waals surface area contributed by atoms with Crippen molar-refractivity contribution in [2.24, 2.45) is 10.7 Å². The molecule has 4 N–H and O–H groups in total. The maximum absolute atomic E-state index is 14.7. The van der Waals surface area contributed by atoms with Crippen LogP contribution in [0, 0.1) is 12.7 Å². The van der Waals surface area contributed by atoms with E-state index < -0.39 is 17.6 Å². The van der Waals surface area contributed by atoms with Crippen LogP contribution in [0.2, 0.25) is 0 Å². The first-order valence-electron chi connectivity index (χ1n) is 11.3. The van der Waals surface area contributed by atoms with E-state index in [0.29, 0.717) is 28.8 Å². The first-order valence-corrected chi connectivity index (χ1v) is 11.3. The number of carboxylic acid groups (broad SMARTS) is 1. The number of allylic oxidation sites excluding steroid dienone is 1. The normalized spacial score (nSPS) is 12.2. The Kier molecular flexibility index (Phi) is 7.44. The predicted molar refractivity (Wildman–Crippen MR) is 136 cm³/mol. The number of aromatic amines is 1. The zero-order valence-electron chi connectivity index (χ0n) is 19.6. The molecule has 0 radical (unpaired) electrons. The molecule has 0 aliphatic heterocycles. The number of hydrogen-bond donors (Lipinski definition) is 3. The minimum Gasteiger partial charge on any atom is -0.481 e. The smallest absolute Gasteiger partial charge is 0.303 e. The van der Waals surface area contributed by atoms with Crippen LogP contribution in [-0.2, 0) is 17.8 Å². The Morgan fingerprint density at radius 2 is 1.92 bits per heavy atom. The average Bonchev–Trinajstić information content (AvgIpc) is 3.34. The fourth-order valence-corrected chi connectivity index (χ4v) is 3.96. The van der Waals surface area contributed by atoms with Crippen molar-refractivity contribution in [1.29, 1.82) is 0 Å². The highest BCUT2D eigenvalue weighted by Gasteiger charge is 2.15. The van der Waals surface area contributed by atoms with Crippen LogP contribution in [0.3, 0.4) is 0 Å². The van der Waals surface area contributed by atoms with E-state index in [4.69, 9.17) is 15.6 Å². The van der Waals surface area contributed by atoms with E-state index in [1.165, 1.54) is 6.07 Å². The number of ether oxygens (including phenoxy) is 1. The lowest BCUT2D eigenvalue weighted by Gasteiger charge is -2.13. The second kappa shape index (κ2) is 10.9. The summed E-state index contributed by atoms with van der Waals surface area (Å²) in [5.74, 6) is -1.70. The van der Waals surface area contributed by atoms with Crippen molar-refractivity contribution in [2.45, 2.75) is 26.3 Å². The number of benzene rings is 3. The van der Waals surface area contributed by atoms with E-state index in [1.807, 2.05) is 30.3 Å². The lowest BCUT2D eigenvalue weighted by molar-refractivity contribution is -0.136. The van der Waals surface area contributed by atoms with Gasteiger partial charge in [0, 0.05) is 46.9 Å². The molecule has 184 valence electrons. The van der Waals surface area contributed by atoms with Gasteiger partial charge in [0.15, 0.2) is 17.4 Å². The molecule has 0 saturated carbocycles. The molecular formula is C28H25F2N3O3. The van der Waals surface area contributed by atoms with E-state index in [9.17, 15) is 13.6 Å². The second-order valence-corrected chi connectivity index (χ2v) is 8.27. The molecule has 1 heterocycles. The van der Waals surface area contributed by atoms with E-state index in [1.54, 1.807) is 37.4 Å². The van der Waals surface area contributed by atoms with E-state index in [-0.39, 0.29) is 24.4 Å². The Labute approximate surface area is 206 Å². The van der Waals surface area contributed by atoms with Crippen molar-refractivity contribution >= 4 is 22.6 Å². The van der Waals surface area contributed by atoms with Gasteiger partial charge in [-0.3, -0.25) is 9.79 Å². The monoisotopic (exact) mass is 489 g/mol. The van der Waals surface area contributed by atoms with Gasteiger partial charge in [-0.1, -0.05) is 36.4 Å². The summed E-state index contributed by atoms with van der Waals surface area (Å²) < 4.78 is 35.4. The van der Waals surface area contributed by atoms with Crippen molar-refractivity contribution in [1.82, 2.24) is 4.98 Å². The number of carbonyl (C=O) groups is 1. The molecule has 0 amide bonds.